The van der Waals surface area contributed by atoms with Crippen LogP contribution in [0.2, 0.25) is 0 Å². The van der Waals surface area contributed by atoms with Crippen molar-refractivity contribution in [2.24, 2.45) is 0 Å². The van der Waals surface area contributed by atoms with Gasteiger partial charge in [0.2, 0.25) is 0 Å². The first-order chi connectivity index (χ1) is 22.0. The van der Waals surface area contributed by atoms with Crippen LogP contribution < -0.4 is 0 Å². The molecular weight excluding hydrogens is 496 g/mol. The number of furan rings is 1. The molecule has 1 aromatic heterocycles. The Bertz CT molecular complexity index is 2680. The average Bonchev–Trinajstić information content (AvgIpc) is 3.47. The molecule has 0 atom stereocenters. The Labute approximate surface area is 242 Å². The van der Waals surface area contributed by atoms with Crippen LogP contribution >= 0.6 is 0 Å². The third-order valence-corrected chi connectivity index (χ3v) is 8.27. The summed E-state index contributed by atoms with van der Waals surface area (Å²) >= 11 is 0. The molecule has 0 aliphatic carbocycles. The van der Waals surface area contributed by atoms with Crippen molar-refractivity contribution in [2.45, 2.75) is 0 Å². The van der Waals surface area contributed by atoms with Crippen molar-refractivity contribution < 1.29 is 9.90 Å². The van der Waals surface area contributed by atoms with Gasteiger partial charge in [0, 0.05) is 16.2 Å². The van der Waals surface area contributed by atoms with Crippen molar-refractivity contribution in [3.63, 3.8) is 0 Å². The molecule has 0 aliphatic heterocycles. The molecule has 0 amide bonds. The van der Waals surface area contributed by atoms with Crippen LogP contribution in [-0.4, -0.2) is 0 Å². The lowest BCUT2D eigenvalue weighted by atomic mass is 9.94. The highest BCUT2D eigenvalue weighted by molar-refractivity contribution is 6.19. The van der Waals surface area contributed by atoms with E-state index in [0.29, 0.717) is 22.3 Å². The molecule has 1 heterocycles. The van der Waals surface area contributed by atoms with E-state index in [4.69, 9.17) is 9.90 Å². The lowest BCUT2D eigenvalue weighted by Gasteiger charge is -2.10. The number of rotatable bonds is 2. The minimum absolute atomic E-state index is 0.0626. The molecule has 0 unspecified atom stereocenters. The van der Waals surface area contributed by atoms with Crippen LogP contribution in [0.25, 0.3) is 87.3 Å². The molecule has 0 aliphatic rings. The second-order valence-electron chi connectivity index (χ2n) is 10.6. The molecule has 0 spiro atoms. The number of hydrogen-bond donors (Lipinski definition) is 0. The molecule has 0 saturated carbocycles. The summed E-state index contributed by atoms with van der Waals surface area (Å²) in [7, 11) is 0. The van der Waals surface area contributed by atoms with E-state index in [0.717, 1.165) is 43.3 Å². The molecule has 9 rings (SSSR count). The van der Waals surface area contributed by atoms with E-state index >= 15 is 0 Å². The van der Waals surface area contributed by atoms with E-state index in [-0.39, 0.29) is 29.7 Å². The van der Waals surface area contributed by atoms with Gasteiger partial charge in [-0.05, 0) is 90.3 Å². The van der Waals surface area contributed by atoms with Gasteiger partial charge in [-0.15, -0.1) is 0 Å². The van der Waals surface area contributed by atoms with Gasteiger partial charge in [-0.25, -0.2) is 0 Å². The fraction of sp³-hybridized carbons (Fsp3) is 0. The molecular formula is C40H24O. The zero-order valence-corrected chi connectivity index (χ0v) is 22.0. The molecule has 1 nitrogen and oxygen atoms in total. The zero-order chi connectivity index (χ0) is 30.4. The van der Waals surface area contributed by atoms with E-state index < -0.39 is 0 Å². The van der Waals surface area contributed by atoms with Crippen molar-refractivity contribution in [1.29, 1.82) is 0 Å². The molecule has 0 N–H and O–H groups in total. The molecule has 190 valence electrons. The highest BCUT2D eigenvalue weighted by atomic mass is 16.3. The summed E-state index contributed by atoms with van der Waals surface area (Å²) < 4.78 is 42.9. The van der Waals surface area contributed by atoms with Gasteiger partial charge in [0.15, 0.2) is 0 Å². The smallest absolute Gasteiger partial charge is 0.143 e. The third-order valence-electron chi connectivity index (χ3n) is 8.27. The van der Waals surface area contributed by atoms with Crippen molar-refractivity contribution >= 4 is 65.0 Å². The van der Waals surface area contributed by atoms with Crippen LogP contribution in [0.1, 0.15) is 5.48 Å². The van der Waals surface area contributed by atoms with Crippen LogP contribution in [0.15, 0.2) is 150 Å². The second kappa shape index (κ2) is 8.55. The van der Waals surface area contributed by atoms with E-state index in [2.05, 4.69) is 42.5 Å². The summed E-state index contributed by atoms with van der Waals surface area (Å²) in [5.41, 5.74) is 3.25. The van der Waals surface area contributed by atoms with Crippen molar-refractivity contribution in [3.8, 4) is 22.3 Å². The summed E-state index contributed by atoms with van der Waals surface area (Å²) in [6, 6.07) is 40.3. The molecule has 8 aromatic carbocycles. The minimum atomic E-state index is -0.0706. The van der Waals surface area contributed by atoms with Gasteiger partial charge in [0.05, 0.1) is 5.48 Å². The van der Waals surface area contributed by atoms with E-state index in [9.17, 15) is 0 Å². The number of fused-ring (bicyclic) bond motifs is 9. The molecule has 9 aromatic rings. The molecule has 1 heteroatoms. The normalized spacial score (nSPS) is 13.3. The van der Waals surface area contributed by atoms with Crippen molar-refractivity contribution in [1.82, 2.24) is 0 Å². The summed E-state index contributed by atoms with van der Waals surface area (Å²) in [5.74, 6) is 0. The van der Waals surface area contributed by atoms with Gasteiger partial charge in [0.1, 0.15) is 11.2 Å². The maximum absolute atomic E-state index is 9.15. The Balaban J connectivity index is 1.24. The summed E-state index contributed by atoms with van der Waals surface area (Å²) in [4.78, 5) is 0. The Morgan fingerprint density at radius 1 is 0.415 bits per heavy atom. The Morgan fingerprint density at radius 2 is 1.12 bits per heavy atom. The minimum Gasteiger partial charge on any atom is -0.455 e. The quantitative estimate of drug-likeness (QED) is 0.162. The second-order valence-corrected chi connectivity index (χ2v) is 10.6. The lowest BCUT2D eigenvalue weighted by molar-refractivity contribution is 0.673. The standard InChI is InChI=1S/C40H24O/c1-3-8-33-26(6-1)16-19-31-23-32-22-29(17-18-30(32)24-37(31)33)25-12-14-28(15-13-25)34-10-5-11-38-39(34)36-21-20-27-7-2-4-9-35(27)40(36)41-38/h1-24H/i12D,13D,14D,15D. The van der Waals surface area contributed by atoms with Gasteiger partial charge < -0.3 is 4.42 Å². The third kappa shape index (κ3) is 3.43. The summed E-state index contributed by atoms with van der Waals surface area (Å²) in [6.45, 7) is 0. The largest absolute Gasteiger partial charge is 0.455 e. The van der Waals surface area contributed by atoms with Gasteiger partial charge in [-0.2, -0.15) is 0 Å². The summed E-state index contributed by atoms with van der Waals surface area (Å²) in [5, 5.41) is 10.4. The first kappa shape index (κ1) is 18.8. The van der Waals surface area contributed by atoms with Crippen LogP contribution in [0, 0.1) is 0 Å². The lowest BCUT2D eigenvalue weighted by Crippen LogP contribution is -1.84. The van der Waals surface area contributed by atoms with Gasteiger partial charge in [0.25, 0.3) is 0 Å². The summed E-state index contributed by atoms with van der Waals surface area (Å²) in [6.07, 6.45) is 0. The van der Waals surface area contributed by atoms with Gasteiger partial charge >= 0.3 is 0 Å². The van der Waals surface area contributed by atoms with E-state index in [1.54, 1.807) is 0 Å². The van der Waals surface area contributed by atoms with Crippen LogP contribution in [0.4, 0.5) is 0 Å². The monoisotopic (exact) mass is 524 g/mol. The fourth-order valence-corrected chi connectivity index (χ4v) is 6.26. The van der Waals surface area contributed by atoms with Crippen LogP contribution in [0.3, 0.4) is 0 Å². The zero-order valence-electron chi connectivity index (χ0n) is 26.0. The van der Waals surface area contributed by atoms with Crippen LogP contribution in [0.5, 0.6) is 0 Å². The van der Waals surface area contributed by atoms with E-state index in [1.807, 2.05) is 78.9 Å². The highest BCUT2D eigenvalue weighted by Gasteiger charge is 2.14. The first-order valence-corrected chi connectivity index (χ1v) is 13.8. The average molecular weight is 525 g/mol. The maximum atomic E-state index is 9.15. The Kier molecular flexibility index (Phi) is 3.92. The number of benzene rings is 8. The predicted octanol–water partition coefficient (Wildman–Crippen LogP) is 11.5. The SMILES string of the molecule is [2H]c1c([2H])c(-c2cccc3oc4c5ccccc5ccc4c23)c([2H])c([2H])c1-c1ccc2cc3c(ccc4ccccc43)cc2c1. The predicted molar refractivity (Wildman–Crippen MR) is 175 cm³/mol. The first-order valence-electron chi connectivity index (χ1n) is 15.8. The highest BCUT2D eigenvalue weighted by Crippen LogP contribution is 2.40. The molecule has 0 radical (unpaired) electrons. The topological polar surface area (TPSA) is 13.1 Å². The molecule has 41 heavy (non-hydrogen) atoms. The Hall–Kier alpha value is -5.40. The molecule has 0 saturated heterocycles. The van der Waals surface area contributed by atoms with Crippen LogP contribution in [-0.2, 0) is 0 Å². The molecule has 0 fully saturated rings. The van der Waals surface area contributed by atoms with Crippen molar-refractivity contribution in [2.75, 3.05) is 0 Å². The van der Waals surface area contributed by atoms with E-state index in [1.165, 1.54) is 16.2 Å². The fourth-order valence-electron chi connectivity index (χ4n) is 6.26. The maximum Gasteiger partial charge on any atom is 0.143 e. The van der Waals surface area contributed by atoms with Gasteiger partial charge in [-0.1, -0.05) is 115 Å². The number of hydrogen-bond acceptors (Lipinski definition) is 1. The molecule has 0 bridgehead atoms. The Morgan fingerprint density at radius 3 is 2.00 bits per heavy atom. The van der Waals surface area contributed by atoms with Gasteiger partial charge in [-0.3, -0.25) is 0 Å². The van der Waals surface area contributed by atoms with Crippen molar-refractivity contribution in [3.05, 3.63) is 145 Å².